The standard InChI is InChI=1S/C23H35N5.HI/c1-4-24-22(28-14-11-21(17-28)27-12-7-8-13-27)25-18-23(26(2)3)15-19-9-5-6-10-20(19)16-23;/h5-10,21H,4,11-18H2,1-3H3,(H,24,25);1H. The molecular formula is C23H36IN5. The van der Waals surface area contributed by atoms with Crippen LogP contribution < -0.4 is 5.32 Å². The van der Waals surface area contributed by atoms with Gasteiger partial charge < -0.3 is 15.1 Å². The topological polar surface area (TPSA) is 34.1 Å². The summed E-state index contributed by atoms with van der Waals surface area (Å²) in [6.45, 7) is 8.32. The van der Waals surface area contributed by atoms with E-state index in [0.717, 1.165) is 58.1 Å². The number of likely N-dealkylation sites (tertiary alicyclic amines) is 1. The van der Waals surface area contributed by atoms with Crippen molar-refractivity contribution in [3.05, 3.63) is 47.5 Å². The van der Waals surface area contributed by atoms with Crippen LogP contribution in [0, 0.1) is 0 Å². The maximum atomic E-state index is 5.17. The van der Waals surface area contributed by atoms with E-state index in [-0.39, 0.29) is 29.5 Å². The predicted molar refractivity (Wildman–Crippen MR) is 132 cm³/mol. The second kappa shape index (κ2) is 9.79. The molecule has 0 aromatic heterocycles. The van der Waals surface area contributed by atoms with Gasteiger partial charge >= 0.3 is 0 Å². The minimum Gasteiger partial charge on any atom is -0.357 e. The van der Waals surface area contributed by atoms with Crippen LogP contribution in [-0.4, -0.2) is 85.6 Å². The van der Waals surface area contributed by atoms with Crippen LogP contribution in [0.1, 0.15) is 24.5 Å². The molecule has 1 aromatic carbocycles. The minimum absolute atomic E-state index is 0. The zero-order valence-electron chi connectivity index (χ0n) is 18.1. The van der Waals surface area contributed by atoms with Gasteiger partial charge in [-0.05, 0) is 51.4 Å². The normalized spacial score (nSPS) is 23.5. The van der Waals surface area contributed by atoms with Gasteiger partial charge in [-0.3, -0.25) is 9.89 Å². The van der Waals surface area contributed by atoms with Crippen molar-refractivity contribution >= 4 is 29.9 Å². The number of likely N-dealkylation sites (N-methyl/N-ethyl adjacent to an activating group) is 1. The third kappa shape index (κ3) is 4.80. The fraction of sp³-hybridized carbons (Fsp3) is 0.609. The fourth-order valence-corrected chi connectivity index (χ4v) is 4.92. The quantitative estimate of drug-likeness (QED) is 0.287. The molecule has 4 rings (SSSR count). The second-order valence-electron chi connectivity index (χ2n) is 8.73. The van der Waals surface area contributed by atoms with Crippen LogP contribution in [0.25, 0.3) is 0 Å². The van der Waals surface area contributed by atoms with Gasteiger partial charge in [-0.2, -0.15) is 0 Å². The summed E-state index contributed by atoms with van der Waals surface area (Å²) >= 11 is 0. The van der Waals surface area contributed by atoms with Crippen molar-refractivity contribution in [2.24, 2.45) is 4.99 Å². The lowest BCUT2D eigenvalue weighted by Crippen LogP contribution is -2.49. The van der Waals surface area contributed by atoms with Gasteiger partial charge in [0.15, 0.2) is 5.96 Å². The number of nitrogens with one attached hydrogen (secondary N) is 1. The Morgan fingerprint density at radius 3 is 2.41 bits per heavy atom. The van der Waals surface area contributed by atoms with E-state index in [0.29, 0.717) is 6.04 Å². The third-order valence-corrected chi connectivity index (χ3v) is 6.79. The molecule has 1 saturated heterocycles. The Labute approximate surface area is 193 Å². The summed E-state index contributed by atoms with van der Waals surface area (Å²) < 4.78 is 0. The highest BCUT2D eigenvalue weighted by atomic mass is 127. The van der Waals surface area contributed by atoms with Gasteiger partial charge in [-0.25, -0.2) is 0 Å². The van der Waals surface area contributed by atoms with Crippen LogP contribution in [0.15, 0.2) is 41.4 Å². The molecule has 0 bridgehead atoms. The number of hydrogen-bond acceptors (Lipinski definition) is 3. The van der Waals surface area contributed by atoms with E-state index in [1.165, 1.54) is 17.5 Å². The lowest BCUT2D eigenvalue weighted by Gasteiger charge is -2.35. The Kier molecular flexibility index (Phi) is 7.62. The highest BCUT2D eigenvalue weighted by molar-refractivity contribution is 14.0. The monoisotopic (exact) mass is 509 g/mol. The van der Waals surface area contributed by atoms with Crippen LogP contribution in [0.5, 0.6) is 0 Å². The zero-order valence-corrected chi connectivity index (χ0v) is 20.4. The fourth-order valence-electron chi connectivity index (χ4n) is 4.92. The first kappa shape index (κ1) is 22.6. The van der Waals surface area contributed by atoms with E-state index < -0.39 is 0 Å². The van der Waals surface area contributed by atoms with Crippen molar-refractivity contribution in [2.75, 3.05) is 53.4 Å². The summed E-state index contributed by atoms with van der Waals surface area (Å²) in [7, 11) is 4.42. The van der Waals surface area contributed by atoms with Crippen molar-refractivity contribution in [1.29, 1.82) is 0 Å². The molecule has 1 aromatic rings. The number of aliphatic imine (C=N–C) groups is 1. The number of guanidine groups is 1. The van der Waals surface area contributed by atoms with Crippen LogP contribution >= 0.6 is 24.0 Å². The molecule has 0 saturated carbocycles. The Balaban J connectivity index is 0.00000240. The maximum Gasteiger partial charge on any atom is 0.194 e. The molecular weight excluding hydrogens is 473 g/mol. The van der Waals surface area contributed by atoms with Crippen molar-refractivity contribution in [1.82, 2.24) is 20.0 Å². The molecule has 3 aliphatic rings. The first-order valence-electron chi connectivity index (χ1n) is 10.8. The molecule has 0 spiro atoms. The first-order valence-corrected chi connectivity index (χ1v) is 10.8. The number of rotatable bonds is 5. The largest absolute Gasteiger partial charge is 0.357 e. The summed E-state index contributed by atoms with van der Waals surface area (Å²) in [5, 5.41) is 3.56. The van der Waals surface area contributed by atoms with Gasteiger partial charge in [0.1, 0.15) is 0 Å². The third-order valence-electron chi connectivity index (χ3n) is 6.79. The molecule has 1 fully saturated rings. The number of nitrogens with zero attached hydrogens (tertiary/aromatic N) is 4. The van der Waals surface area contributed by atoms with E-state index in [9.17, 15) is 0 Å². The summed E-state index contributed by atoms with van der Waals surface area (Å²) in [5.74, 6) is 1.09. The average molecular weight is 509 g/mol. The van der Waals surface area contributed by atoms with Crippen LogP contribution in [0.4, 0.5) is 0 Å². The average Bonchev–Trinajstić information content (AvgIpc) is 3.44. The number of fused-ring (bicyclic) bond motifs is 1. The molecule has 160 valence electrons. The minimum atomic E-state index is 0. The predicted octanol–water partition coefficient (Wildman–Crippen LogP) is 2.62. The SMILES string of the molecule is CCNC(=NCC1(N(C)C)Cc2ccccc2C1)N1CCC(N2CC=CC2)C1.I. The van der Waals surface area contributed by atoms with E-state index in [4.69, 9.17) is 4.99 Å². The highest BCUT2D eigenvalue weighted by Crippen LogP contribution is 2.34. The van der Waals surface area contributed by atoms with E-state index in [1.54, 1.807) is 0 Å². The van der Waals surface area contributed by atoms with E-state index in [2.05, 4.69) is 77.5 Å². The number of halogens is 1. The summed E-state index contributed by atoms with van der Waals surface area (Å²) in [6.07, 6.45) is 7.99. The van der Waals surface area contributed by atoms with Gasteiger partial charge in [-0.15, -0.1) is 24.0 Å². The summed E-state index contributed by atoms with van der Waals surface area (Å²) in [6, 6.07) is 9.54. The molecule has 2 heterocycles. The molecule has 1 aliphatic carbocycles. The lowest BCUT2D eigenvalue weighted by atomic mass is 9.94. The van der Waals surface area contributed by atoms with Crippen molar-refractivity contribution < 1.29 is 0 Å². The Morgan fingerprint density at radius 2 is 1.83 bits per heavy atom. The molecule has 0 amide bonds. The Hall–Kier alpha value is -1.12. The Bertz CT molecular complexity index is 712. The number of benzene rings is 1. The zero-order chi connectivity index (χ0) is 19.6. The molecule has 1 N–H and O–H groups in total. The van der Waals surface area contributed by atoms with Gasteiger partial charge in [-0.1, -0.05) is 36.4 Å². The Morgan fingerprint density at radius 1 is 1.17 bits per heavy atom. The van der Waals surface area contributed by atoms with Gasteiger partial charge in [0.2, 0.25) is 0 Å². The van der Waals surface area contributed by atoms with Crippen LogP contribution in [0.3, 0.4) is 0 Å². The second-order valence-corrected chi connectivity index (χ2v) is 8.73. The molecule has 5 nitrogen and oxygen atoms in total. The van der Waals surface area contributed by atoms with Crippen molar-refractivity contribution in [2.45, 2.75) is 37.8 Å². The molecule has 29 heavy (non-hydrogen) atoms. The van der Waals surface area contributed by atoms with Crippen molar-refractivity contribution in [3.63, 3.8) is 0 Å². The number of hydrogen-bond donors (Lipinski definition) is 1. The molecule has 1 unspecified atom stereocenters. The highest BCUT2D eigenvalue weighted by Gasteiger charge is 2.39. The molecule has 0 radical (unpaired) electrons. The van der Waals surface area contributed by atoms with Crippen LogP contribution in [0.2, 0.25) is 0 Å². The summed E-state index contributed by atoms with van der Waals surface area (Å²) in [4.78, 5) is 12.6. The van der Waals surface area contributed by atoms with Crippen LogP contribution in [-0.2, 0) is 12.8 Å². The molecule has 2 aliphatic heterocycles. The van der Waals surface area contributed by atoms with Gasteiger partial charge in [0, 0.05) is 44.3 Å². The molecule has 1 atom stereocenters. The smallest absolute Gasteiger partial charge is 0.194 e. The van der Waals surface area contributed by atoms with E-state index >= 15 is 0 Å². The molecule has 6 heteroatoms. The lowest BCUT2D eigenvalue weighted by molar-refractivity contribution is 0.171. The van der Waals surface area contributed by atoms with Gasteiger partial charge in [0.05, 0.1) is 6.54 Å². The van der Waals surface area contributed by atoms with Crippen molar-refractivity contribution in [3.8, 4) is 0 Å². The maximum absolute atomic E-state index is 5.17. The summed E-state index contributed by atoms with van der Waals surface area (Å²) in [5.41, 5.74) is 3.06. The first-order chi connectivity index (χ1) is 13.6. The van der Waals surface area contributed by atoms with Gasteiger partial charge in [0.25, 0.3) is 0 Å². The van der Waals surface area contributed by atoms with E-state index in [1.807, 2.05) is 0 Å².